The van der Waals surface area contributed by atoms with Crippen LogP contribution in [0.15, 0.2) is 11.1 Å². The second-order valence-corrected chi connectivity index (χ2v) is 4.17. The first kappa shape index (κ1) is 13.0. The van der Waals surface area contributed by atoms with Gasteiger partial charge < -0.3 is 15.0 Å². The van der Waals surface area contributed by atoms with Crippen LogP contribution < -0.4 is 10.9 Å². The fourth-order valence-electron chi connectivity index (χ4n) is 1.07. The molecular formula is C10H16ClN3O2. The Balaban J connectivity index is 2.32. The maximum atomic E-state index is 11.1. The van der Waals surface area contributed by atoms with Crippen molar-refractivity contribution in [2.24, 2.45) is 5.92 Å². The largest absolute Gasteiger partial charge is 0.379 e. The molecule has 0 unspecified atom stereocenters. The zero-order chi connectivity index (χ0) is 12.0. The quantitative estimate of drug-likeness (QED) is 0.746. The van der Waals surface area contributed by atoms with Crippen molar-refractivity contribution >= 4 is 17.4 Å². The number of nitrogens with one attached hydrogen (secondary N) is 2. The van der Waals surface area contributed by atoms with E-state index in [2.05, 4.69) is 29.1 Å². The number of anilines is 1. The Morgan fingerprint density at radius 3 is 3.06 bits per heavy atom. The second kappa shape index (κ2) is 6.50. The van der Waals surface area contributed by atoms with Gasteiger partial charge in [-0.15, -0.1) is 0 Å². The lowest BCUT2D eigenvalue weighted by Gasteiger charge is -2.08. The summed E-state index contributed by atoms with van der Waals surface area (Å²) in [7, 11) is 0. The Bertz CT molecular complexity index is 379. The highest BCUT2D eigenvalue weighted by atomic mass is 35.5. The van der Waals surface area contributed by atoms with Crippen LogP contribution in [-0.2, 0) is 4.74 Å². The van der Waals surface area contributed by atoms with Gasteiger partial charge in [0.2, 0.25) is 0 Å². The topological polar surface area (TPSA) is 67.0 Å². The Hall–Kier alpha value is -1.07. The number of rotatable bonds is 6. The molecular weight excluding hydrogens is 230 g/mol. The predicted octanol–water partition coefficient (Wildman–Crippen LogP) is 1.51. The molecule has 0 aliphatic rings. The van der Waals surface area contributed by atoms with Gasteiger partial charge in [0.05, 0.1) is 12.9 Å². The van der Waals surface area contributed by atoms with Crippen LogP contribution in [0.1, 0.15) is 13.8 Å². The molecule has 0 radical (unpaired) electrons. The second-order valence-electron chi connectivity index (χ2n) is 3.79. The first-order chi connectivity index (χ1) is 7.61. The summed E-state index contributed by atoms with van der Waals surface area (Å²) < 4.78 is 5.37. The van der Waals surface area contributed by atoms with Gasteiger partial charge >= 0.3 is 0 Å². The van der Waals surface area contributed by atoms with Gasteiger partial charge in [0.15, 0.2) is 5.82 Å². The lowest BCUT2D eigenvalue weighted by molar-refractivity contribution is 0.118. The highest BCUT2D eigenvalue weighted by molar-refractivity contribution is 6.32. The van der Waals surface area contributed by atoms with Crippen LogP contribution in [0.25, 0.3) is 0 Å². The number of hydrogen-bond acceptors (Lipinski definition) is 4. The van der Waals surface area contributed by atoms with E-state index < -0.39 is 0 Å². The van der Waals surface area contributed by atoms with Gasteiger partial charge in [-0.05, 0) is 5.92 Å². The number of hydrogen-bond donors (Lipinski definition) is 2. The smallest absolute Gasteiger partial charge is 0.271 e. The SMILES string of the molecule is CC(C)COCCNc1nc[nH]c(=O)c1Cl. The van der Waals surface area contributed by atoms with E-state index in [0.29, 0.717) is 24.9 Å². The first-order valence-corrected chi connectivity index (χ1v) is 5.54. The number of nitrogens with zero attached hydrogens (tertiary/aromatic N) is 1. The van der Waals surface area contributed by atoms with E-state index in [9.17, 15) is 4.79 Å². The molecule has 90 valence electrons. The van der Waals surface area contributed by atoms with E-state index >= 15 is 0 Å². The van der Waals surface area contributed by atoms with Crippen LogP contribution >= 0.6 is 11.6 Å². The molecule has 1 heterocycles. The van der Waals surface area contributed by atoms with E-state index in [1.165, 1.54) is 6.33 Å². The Morgan fingerprint density at radius 2 is 2.38 bits per heavy atom. The van der Waals surface area contributed by atoms with E-state index in [0.717, 1.165) is 6.61 Å². The maximum absolute atomic E-state index is 11.1. The van der Waals surface area contributed by atoms with Crippen molar-refractivity contribution in [3.05, 3.63) is 21.7 Å². The molecule has 0 aromatic carbocycles. The third kappa shape index (κ3) is 4.20. The first-order valence-electron chi connectivity index (χ1n) is 5.16. The van der Waals surface area contributed by atoms with E-state index in [1.807, 2.05) is 0 Å². The molecule has 5 nitrogen and oxygen atoms in total. The molecule has 6 heteroatoms. The van der Waals surface area contributed by atoms with Crippen molar-refractivity contribution in [1.29, 1.82) is 0 Å². The summed E-state index contributed by atoms with van der Waals surface area (Å²) in [4.78, 5) is 17.4. The van der Waals surface area contributed by atoms with Crippen molar-refractivity contribution in [2.45, 2.75) is 13.8 Å². The molecule has 1 aromatic rings. The highest BCUT2D eigenvalue weighted by Gasteiger charge is 2.04. The average Bonchev–Trinajstić information content (AvgIpc) is 2.23. The van der Waals surface area contributed by atoms with Crippen LogP contribution in [0.3, 0.4) is 0 Å². The van der Waals surface area contributed by atoms with E-state index in [-0.39, 0.29) is 10.6 Å². The summed E-state index contributed by atoms with van der Waals surface area (Å²) in [5, 5.41) is 3.01. The maximum Gasteiger partial charge on any atom is 0.271 e. The summed E-state index contributed by atoms with van der Waals surface area (Å²) in [5.41, 5.74) is -0.345. The summed E-state index contributed by atoms with van der Waals surface area (Å²) in [6.07, 6.45) is 1.31. The molecule has 0 fully saturated rings. The predicted molar refractivity (Wildman–Crippen MR) is 64.0 cm³/mol. The van der Waals surface area contributed by atoms with Gasteiger partial charge in [-0.25, -0.2) is 4.98 Å². The van der Waals surface area contributed by atoms with Crippen LogP contribution in [0.2, 0.25) is 5.02 Å². The molecule has 0 bridgehead atoms. The molecule has 2 N–H and O–H groups in total. The van der Waals surface area contributed by atoms with Crippen molar-refractivity contribution in [3.8, 4) is 0 Å². The zero-order valence-corrected chi connectivity index (χ0v) is 10.2. The minimum absolute atomic E-state index is 0.0753. The Morgan fingerprint density at radius 1 is 1.62 bits per heavy atom. The lowest BCUT2D eigenvalue weighted by Crippen LogP contribution is -2.16. The summed E-state index contributed by atoms with van der Waals surface area (Å²) in [6.45, 7) is 6.02. The summed E-state index contributed by atoms with van der Waals surface area (Å²) >= 11 is 5.75. The fourth-order valence-corrected chi connectivity index (χ4v) is 1.24. The lowest BCUT2D eigenvalue weighted by atomic mass is 10.2. The van der Waals surface area contributed by atoms with Gasteiger partial charge in [0, 0.05) is 13.2 Å². The molecule has 0 saturated heterocycles. The van der Waals surface area contributed by atoms with Crippen LogP contribution in [-0.4, -0.2) is 29.7 Å². The normalized spacial score (nSPS) is 10.8. The van der Waals surface area contributed by atoms with Crippen molar-refractivity contribution in [3.63, 3.8) is 0 Å². The highest BCUT2D eigenvalue weighted by Crippen LogP contribution is 2.11. The van der Waals surface area contributed by atoms with Gasteiger partial charge in [0.1, 0.15) is 5.02 Å². The number of aromatic amines is 1. The van der Waals surface area contributed by atoms with Crippen LogP contribution in [0, 0.1) is 5.92 Å². The summed E-state index contributed by atoms with van der Waals surface area (Å²) in [6, 6.07) is 0. The van der Waals surface area contributed by atoms with Crippen molar-refractivity contribution in [2.75, 3.05) is 25.1 Å². The molecule has 1 aromatic heterocycles. The van der Waals surface area contributed by atoms with E-state index in [4.69, 9.17) is 16.3 Å². The van der Waals surface area contributed by atoms with Crippen molar-refractivity contribution in [1.82, 2.24) is 9.97 Å². The number of H-pyrrole nitrogens is 1. The van der Waals surface area contributed by atoms with Gasteiger partial charge in [-0.2, -0.15) is 0 Å². The van der Waals surface area contributed by atoms with E-state index in [1.54, 1.807) is 0 Å². The number of aromatic nitrogens is 2. The molecule has 0 amide bonds. The minimum atomic E-state index is -0.345. The molecule has 0 saturated carbocycles. The third-order valence-corrected chi connectivity index (χ3v) is 2.14. The van der Waals surface area contributed by atoms with Crippen LogP contribution in [0.5, 0.6) is 0 Å². The zero-order valence-electron chi connectivity index (χ0n) is 9.42. The number of halogens is 1. The monoisotopic (exact) mass is 245 g/mol. The molecule has 0 spiro atoms. The summed E-state index contributed by atoms with van der Waals surface area (Å²) in [5.74, 6) is 0.903. The molecule has 0 atom stereocenters. The minimum Gasteiger partial charge on any atom is -0.379 e. The average molecular weight is 246 g/mol. The Kier molecular flexibility index (Phi) is 5.28. The van der Waals surface area contributed by atoms with Crippen molar-refractivity contribution < 1.29 is 4.74 Å². The third-order valence-electron chi connectivity index (χ3n) is 1.79. The molecule has 16 heavy (non-hydrogen) atoms. The molecule has 0 aliphatic carbocycles. The Labute approximate surface area is 99.2 Å². The standard InChI is InChI=1S/C10H16ClN3O2/c1-7(2)5-16-4-3-12-9-8(11)10(15)14-6-13-9/h6-7H,3-5H2,1-2H3,(H2,12,13,14,15). The van der Waals surface area contributed by atoms with Gasteiger partial charge in [-0.1, -0.05) is 25.4 Å². The fraction of sp³-hybridized carbons (Fsp3) is 0.600. The van der Waals surface area contributed by atoms with Gasteiger partial charge in [0.25, 0.3) is 5.56 Å². The van der Waals surface area contributed by atoms with Crippen LogP contribution in [0.4, 0.5) is 5.82 Å². The van der Waals surface area contributed by atoms with Gasteiger partial charge in [-0.3, -0.25) is 4.79 Å². The molecule has 1 rings (SSSR count). The number of ether oxygens (including phenoxy) is 1. The molecule has 0 aliphatic heterocycles.